The summed E-state index contributed by atoms with van der Waals surface area (Å²) < 4.78 is 16.0. The summed E-state index contributed by atoms with van der Waals surface area (Å²) in [5, 5.41) is 5.94. The first-order valence-electron chi connectivity index (χ1n) is 8.75. The highest BCUT2D eigenvalue weighted by Crippen LogP contribution is 2.32. The molecule has 4 rings (SSSR count). The average Bonchev–Trinajstić information content (AvgIpc) is 3.44. The fourth-order valence-corrected chi connectivity index (χ4v) is 3.52. The van der Waals surface area contributed by atoms with Crippen molar-refractivity contribution in [2.75, 3.05) is 13.3 Å². The fourth-order valence-electron chi connectivity index (χ4n) is 2.87. The molecule has 7 nitrogen and oxygen atoms in total. The zero-order valence-electron chi connectivity index (χ0n) is 14.9. The molecule has 0 atom stereocenters. The summed E-state index contributed by atoms with van der Waals surface area (Å²) in [6.07, 6.45) is 0.749. The molecule has 0 N–H and O–H groups in total. The first kappa shape index (κ1) is 17.5. The molecule has 3 aromatic rings. The molecule has 1 aliphatic rings. The SMILES string of the molecule is CCN(Cc1ccc2c(c1)OCO2)C(=O)CCc1nc(-c2cccs2)no1. The lowest BCUT2D eigenvalue weighted by Crippen LogP contribution is -2.30. The van der Waals surface area contributed by atoms with Crippen LogP contribution in [0.3, 0.4) is 0 Å². The Bertz CT molecular complexity index is 923. The van der Waals surface area contributed by atoms with Crippen LogP contribution in [0.2, 0.25) is 0 Å². The minimum Gasteiger partial charge on any atom is -0.454 e. The zero-order valence-corrected chi connectivity index (χ0v) is 15.7. The smallest absolute Gasteiger partial charge is 0.231 e. The van der Waals surface area contributed by atoms with E-state index in [0.29, 0.717) is 37.6 Å². The minimum atomic E-state index is 0.0473. The van der Waals surface area contributed by atoms with E-state index < -0.39 is 0 Å². The summed E-state index contributed by atoms with van der Waals surface area (Å²) in [4.78, 5) is 19.7. The van der Waals surface area contributed by atoms with Crippen LogP contribution in [0, 0.1) is 0 Å². The number of nitrogens with zero attached hydrogens (tertiary/aromatic N) is 3. The van der Waals surface area contributed by atoms with Gasteiger partial charge in [0.15, 0.2) is 11.5 Å². The van der Waals surface area contributed by atoms with Gasteiger partial charge in [0.25, 0.3) is 0 Å². The summed E-state index contributed by atoms with van der Waals surface area (Å²) in [6, 6.07) is 9.63. The molecule has 3 heterocycles. The number of amides is 1. The number of carbonyl (C=O) groups excluding carboxylic acids is 1. The molecule has 0 fully saturated rings. The van der Waals surface area contributed by atoms with Crippen LogP contribution >= 0.6 is 11.3 Å². The van der Waals surface area contributed by atoms with Gasteiger partial charge in [-0.05, 0) is 36.1 Å². The van der Waals surface area contributed by atoms with Gasteiger partial charge >= 0.3 is 0 Å². The van der Waals surface area contributed by atoms with E-state index in [4.69, 9.17) is 14.0 Å². The Balaban J connectivity index is 1.35. The van der Waals surface area contributed by atoms with Gasteiger partial charge in [-0.1, -0.05) is 17.3 Å². The number of rotatable bonds is 7. The Kier molecular flexibility index (Phi) is 5.06. The van der Waals surface area contributed by atoms with Gasteiger partial charge in [0.05, 0.1) is 4.88 Å². The van der Waals surface area contributed by atoms with Crippen molar-refractivity contribution >= 4 is 17.2 Å². The van der Waals surface area contributed by atoms with Crippen molar-refractivity contribution in [1.29, 1.82) is 0 Å². The maximum atomic E-state index is 12.6. The maximum Gasteiger partial charge on any atom is 0.231 e. The minimum absolute atomic E-state index is 0.0473. The second-order valence-corrected chi connectivity index (χ2v) is 7.03. The maximum absolute atomic E-state index is 12.6. The first-order valence-corrected chi connectivity index (χ1v) is 9.63. The van der Waals surface area contributed by atoms with Gasteiger partial charge in [0.2, 0.25) is 24.4 Å². The average molecular weight is 385 g/mol. The summed E-state index contributed by atoms with van der Waals surface area (Å²) in [5.74, 6) is 2.56. The number of ether oxygens (including phenoxy) is 2. The molecule has 0 radical (unpaired) electrons. The van der Waals surface area contributed by atoms with Crippen molar-refractivity contribution in [2.45, 2.75) is 26.3 Å². The summed E-state index contributed by atoms with van der Waals surface area (Å²) >= 11 is 1.55. The molecule has 0 saturated heterocycles. The molecule has 0 saturated carbocycles. The van der Waals surface area contributed by atoms with Crippen LogP contribution < -0.4 is 9.47 Å². The summed E-state index contributed by atoms with van der Waals surface area (Å²) in [7, 11) is 0. The van der Waals surface area contributed by atoms with E-state index in [1.54, 1.807) is 16.2 Å². The Labute approximate surface area is 160 Å². The zero-order chi connectivity index (χ0) is 18.6. The fraction of sp³-hybridized carbons (Fsp3) is 0.316. The number of hydrogen-bond donors (Lipinski definition) is 0. The number of aryl methyl sites for hydroxylation is 1. The first-order chi connectivity index (χ1) is 13.2. The third-order valence-electron chi connectivity index (χ3n) is 4.31. The van der Waals surface area contributed by atoms with E-state index >= 15 is 0 Å². The van der Waals surface area contributed by atoms with E-state index in [1.807, 2.05) is 42.6 Å². The van der Waals surface area contributed by atoms with Gasteiger partial charge in [0.1, 0.15) is 0 Å². The molecular weight excluding hydrogens is 366 g/mol. The van der Waals surface area contributed by atoms with Crippen molar-refractivity contribution in [2.24, 2.45) is 0 Å². The van der Waals surface area contributed by atoms with E-state index in [-0.39, 0.29) is 12.7 Å². The number of carbonyl (C=O) groups is 1. The molecule has 140 valence electrons. The molecule has 27 heavy (non-hydrogen) atoms. The third kappa shape index (κ3) is 3.95. The van der Waals surface area contributed by atoms with Crippen LogP contribution in [0.1, 0.15) is 24.8 Å². The molecule has 0 aliphatic carbocycles. The Morgan fingerprint density at radius 1 is 1.26 bits per heavy atom. The van der Waals surface area contributed by atoms with Crippen LogP contribution in [0.5, 0.6) is 11.5 Å². The third-order valence-corrected chi connectivity index (χ3v) is 5.17. The second kappa shape index (κ2) is 7.79. The highest BCUT2D eigenvalue weighted by atomic mass is 32.1. The molecular formula is C19H19N3O4S. The highest BCUT2D eigenvalue weighted by molar-refractivity contribution is 7.13. The number of aromatic nitrogens is 2. The van der Waals surface area contributed by atoms with Gasteiger partial charge in [-0.2, -0.15) is 4.98 Å². The van der Waals surface area contributed by atoms with Crippen LogP contribution in [-0.2, 0) is 17.8 Å². The van der Waals surface area contributed by atoms with Gasteiger partial charge in [-0.3, -0.25) is 4.79 Å². The highest BCUT2D eigenvalue weighted by Gasteiger charge is 2.18. The van der Waals surface area contributed by atoms with E-state index in [2.05, 4.69) is 10.1 Å². The lowest BCUT2D eigenvalue weighted by atomic mass is 10.1. The Morgan fingerprint density at radius 2 is 2.15 bits per heavy atom. The predicted molar refractivity (Wildman–Crippen MR) is 99.6 cm³/mol. The molecule has 0 spiro atoms. The largest absolute Gasteiger partial charge is 0.454 e. The number of fused-ring (bicyclic) bond motifs is 1. The molecule has 1 amide bonds. The lowest BCUT2D eigenvalue weighted by Gasteiger charge is -2.21. The van der Waals surface area contributed by atoms with Gasteiger partial charge in [-0.25, -0.2) is 0 Å². The summed E-state index contributed by atoms with van der Waals surface area (Å²) in [5.41, 5.74) is 1.01. The standard InChI is InChI=1S/C19H19N3O4S/c1-2-22(11-13-5-6-14-15(10-13)25-12-24-14)18(23)8-7-17-20-19(21-26-17)16-4-3-9-27-16/h3-6,9-10H,2,7-8,11-12H2,1H3. The van der Waals surface area contributed by atoms with Crippen molar-refractivity contribution in [3.8, 4) is 22.2 Å². The van der Waals surface area contributed by atoms with E-state index in [9.17, 15) is 4.79 Å². The van der Waals surface area contributed by atoms with Crippen LogP contribution in [0.25, 0.3) is 10.7 Å². The molecule has 1 aromatic carbocycles. The van der Waals surface area contributed by atoms with Gasteiger partial charge in [0, 0.05) is 25.9 Å². The number of thiophene rings is 1. The monoisotopic (exact) mass is 385 g/mol. The van der Waals surface area contributed by atoms with Crippen molar-refractivity contribution in [3.63, 3.8) is 0 Å². The molecule has 1 aliphatic heterocycles. The predicted octanol–water partition coefficient (Wildman–Crippen LogP) is 3.51. The lowest BCUT2D eigenvalue weighted by molar-refractivity contribution is -0.131. The van der Waals surface area contributed by atoms with Crippen molar-refractivity contribution < 1.29 is 18.8 Å². The number of benzene rings is 1. The Hall–Kier alpha value is -2.87. The normalized spacial score (nSPS) is 12.3. The Morgan fingerprint density at radius 3 is 2.96 bits per heavy atom. The van der Waals surface area contributed by atoms with E-state index in [1.165, 1.54) is 0 Å². The molecule has 0 unspecified atom stereocenters. The van der Waals surface area contributed by atoms with Crippen LogP contribution in [0.15, 0.2) is 40.2 Å². The van der Waals surface area contributed by atoms with Gasteiger partial charge in [-0.15, -0.1) is 11.3 Å². The van der Waals surface area contributed by atoms with Crippen LogP contribution in [-0.4, -0.2) is 34.3 Å². The van der Waals surface area contributed by atoms with E-state index in [0.717, 1.165) is 21.9 Å². The van der Waals surface area contributed by atoms with Crippen LogP contribution in [0.4, 0.5) is 0 Å². The van der Waals surface area contributed by atoms with Gasteiger partial charge < -0.3 is 18.9 Å². The summed E-state index contributed by atoms with van der Waals surface area (Å²) in [6.45, 7) is 3.35. The topological polar surface area (TPSA) is 77.7 Å². The quantitative estimate of drug-likeness (QED) is 0.619. The molecule has 2 aromatic heterocycles. The van der Waals surface area contributed by atoms with Crippen molar-refractivity contribution in [1.82, 2.24) is 15.0 Å². The molecule has 8 heteroatoms. The second-order valence-electron chi connectivity index (χ2n) is 6.08. The molecule has 0 bridgehead atoms. The van der Waals surface area contributed by atoms with Crippen molar-refractivity contribution in [3.05, 3.63) is 47.2 Å². The number of hydrogen-bond acceptors (Lipinski definition) is 7.